The van der Waals surface area contributed by atoms with E-state index in [4.69, 9.17) is 21.1 Å². The minimum atomic E-state index is -0.0883. The van der Waals surface area contributed by atoms with Crippen molar-refractivity contribution in [3.8, 4) is 11.5 Å². The summed E-state index contributed by atoms with van der Waals surface area (Å²) in [6.45, 7) is 2.07. The summed E-state index contributed by atoms with van der Waals surface area (Å²) in [6.07, 6.45) is 0. The molecule has 8 heteroatoms. The molecule has 1 saturated heterocycles. The van der Waals surface area contributed by atoms with Crippen LogP contribution in [0.3, 0.4) is 0 Å². The van der Waals surface area contributed by atoms with Crippen LogP contribution in [-0.4, -0.2) is 67.8 Å². The molecule has 6 nitrogen and oxygen atoms in total. The molecular weight excluding hydrogens is 424 g/mol. The SMILES string of the molecule is COc1cc(OC)cc(C(=O)N2CCN(C(=O)CSCc3cccc(Cl)c3)CC2)c1. The molecule has 0 aliphatic carbocycles. The first kappa shape index (κ1) is 22.3. The molecule has 3 rings (SSSR count). The number of amides is 2. The van der Waals surface area contributed by atoms with Crippen molar-refractivity contribution in [2.24, 2.45) is 0 Å². The van der Waals surface area contributed by atoms with Crippen molar-refractivity contribution in [1.29, 1.82) is 0 Å². The molecule has 0 unspecified atom stereocenters. The Labute approximate surface area is 186 Å². The highest BCUT2D eigenvalue weighted by Crippen LogP contribution is 2.24. The molecule has 0 atom stereocenters. The molecule has 0 saturated carbocycles. The second-order valence-corrected chi connectivity index (χ2v) is 8.32. The van der Waals surface area contributed by atoms with E-state index in [9.17, 15) is 9.59 Å². The molecule has 0 N–H and O–H groups in total. The fraction of sp³-hybridized carbons (Fsp3) is 0.364. The first-order valence-electron chi connectivity index (χ1n) is 9.62. The summed E-state index contributed by atoms with van der Waals surface area (Å²) in [5, 5.41) is 0.703. The zero-order valence-corrected chi connectivity index (χ0v) is 18.7. The molecule has 1 heterocycles. The standard InChI is InChI=1S/C22H25ClN2O4S/c1-28-19-11-17(12-20(13-19)29-2)22(27)25-8-6-24(7-9-25)21(26)15-30-14-16-4-3-5-18(23)10-16/h3-5,10-13H,6-9,14-15H2,1-2H3. The molecule has 2 amide bonds. The molecule has 0 bridgehead atoms. The fourth-order valence-corrected chi connectivity index (χ4v) is 4.33. The Kier molecular flexibility index (Phi) is 7.87. The lowest BCUT2D eigenvalue weighted by atomic mass is 10.1. The third-order valence-corrected chi connectivity index (χ3v) is 6.12. The Morgan fingerprint density at radius 2 is 1.60 bits per heavy atom. The Bertz CT molecular complexity index is 878. The van der Waals surface area contributed by atoms with E-state index in [1.54, 1.807) is 49.1 Å². The number of methoxy groups -OCH3 is 2. The van der Waals surface area contributed by atoms with Crippen molar-refractivity contribution in [2.75, 3.05) is 46.2 Å². The zero-order chi connectivity index (χ0) is 21.5. The smallest absolute Gasteiger partial charge is 0.254 e. The average molecular weight is 449 g/mol. The predicted octanol–water partition coefficient (Wildman–Crippen LogP) is 3.58. The number of piperazine rings is 1. The quantitative estimate of drug-likeness (QED) is 0.648. The number of carbonyl (C=O) groups is 2. The van der Waals surface area contributed by atoms with Crippen LogP contribution in [0.4, 0.5) is 0 Å². The molecular formula is C22H25ClN2O4S. The van der Waals surface area contributed by atoms with Crippen molar-refractivity contribution >= 4 is 35.2 Å². The highest BCUT2D eigenvalue weighted by molar-refractivity contribution is 7.99. The van der Waals surface area contributed by atoms with Gasteiger partial charge < -0.3 is 19.3 Å². The van der Waals surface area contributed by atoms with Gasteiger partial charge in [0.25, 0.3) is 5.91 Å². The normalized spacial score (nSPS) is 13.8. The van der Waals surface area contributed by atoms with Gasteiger partial charge in [0.05, 0.1) is 20.0 Å². The summed E-state index contributed by atoms with van der Waals surface area (Å²) in [5.41, 5.74) is 1.62. The van der Waals surface area contributed by atoms with Crippen LogP contribution >= 0.6 is 23.4 Å². The van der Waals surface area contributed by atoms with Crippen LogP contribution in [0.25, 0.3) is 0 Å². The van der Waals surface area contributed by atoms with Gasteiger partial charge in [0, 0.05) is 48.6 Å². The maximum absolute atomic E-state index is 12.9. The van der Waals surface area contributed by atoms with E-state index >= 15 is 0 Å². The van der Waals surface area contributed by atoms with Gasteiger partial charge in [0.15, 0.2) is 0 Å². The van der Waals surface area contributed by atoms with Crippen LogP contribution in [-0.2, 0) is 10.5 Å². The Morgan fingerprint density at radius 1 is 0.967 bits per heavy atom. The predicted molar refractivity (Wildman–Crippen MR) is 120 cm³/mol. The van der Waals surface area contributed by atoms with Gasteiger partial charge in [-0.05, 0) is 29.8 Å². The van der Waals surface area contributed by atoms with Gasteiger partial charge in [0.1, 0.15) is 11.5 Å². The molecule has 30 heavy (non-hydrogen) atoms. The molecule has 0 spiro atoms. The molecule has 2 aromatic carbocycles. The van der Waals surface area contributed by atoms with Crippen LogP contribution in [0.2, 0.25) is 5.02 Å². The van der Waals surface area contributed by atoms with Gasteiger partial charge >= 0.3 is 0 Å². The number of nitrogens with zero attached hydrogens (tertiary/aromatic N) is 2. The Morgan fingerprint density at radius 3 is 2.20 bits per heavy atom. The largest absolute Gasteiger partial charge is 0.497 e. The molecule has 0 radical (unpaired) electrons. The van der Waals surface area contributed by atoms with E-state index in [2.05, 4.69) is 0 Å². The van der Waals surface area contributed by atoms with Crippen LogP contribution in [0.1, 0.15) is 15.9 Å². The van der Waals surface area contributed by atoms with Crippen molar-refractivity contribution < 1.29 is 19.1 Å². The van der Waals surface area contributed by atoms with Crippen LogP contribution in [0, 0.1) is 0 Å². The second kappa shape index (κ2) is 10.6. The number of halogens is 1. The molecule has 1 aliphatic heterocycles. The lowest BCUT2D eigenvalue weighted by Crippen LogP contribution is -2.51. The molecule has 0 aromatic heterocycles. The van der Waals surface area contributed by atoms with Crippen LogP contribution < -0.4 is 9.47 Å². The summed E-state index contributed by atoms with van der Waals surface area (Å²) in [6, 6.07) is 12.8. The van der Waals surface area contributed by atoms with Gasteiger partial charge in [-0.15, -0.1) is 11.8 Å². The summed E-state index contributed by atoms with van der Waals surface area (Å²) in [7, 11) is 3.11. The number of rotatable bonds is 7. The first-order chi connectivity index (χ1) is 14.5. The number of hydrogen-bond acceptors (Lipinski definition) is 5. The fourth-order valence-electron chi connectivity index (χ4n) is 3.25. The third-order valence-electron chi connectivity index (χ3n) is 4.90. The van der Waals surface area contributed by atoms with Gasteiger partial charge in [0.2, 0.25) is 5.91 Å². The minimum Gasteiger partial charge on any atom is -0.497 e. The topological polar surface area (TPSA) is 59.1 Å². The van der Waals surface area contributed by atoms with E-state index < -0.39 is 0 Å². The average Bonchev–Trinajstić information content (AvgIpc) is 2.78. The van der Waals surface area contributed by atoms with Gasteiger partial charge in [-0.3, -0.25) is 9.59 Å². The lowest BCUT2D eigenvalue weighted by Gasteiger charge is -2.35. The van der Waals surface area contributed by atoms with Gasteiger partial charge in [-0.25, -0.2) is 0 Å². The van der Waals surface area contributed by atoms with Crippen molar-refractivity contribution in [2.45, 2.75) is 5.75 Å². The van der Waals surface area contributed by atoms with Gasteiger partial charge in [-0.2, -0.15) is 0 Å². The van der Waals surface area contributed by atoms with Crippen molar-refractivity contribution in [3.63, 3.8) is 0 Å². The number of carbonyl (C=O) groups excluding carboxylic acids is 2. The molecule has 1 fully saturated rings. The van der Waals surface area contributed by atoms with E-state index in [-0.39, 0.29) is 11.8 Å². The zero-order valence-electron chi connectivity index (χ0n) is 17.1. The van der Waals surface area contributed by atoms with E-state index in [1.165, 1.54) is 0 Å². The Hall–Kier alpha value is -2.38. The maximum Gasteiger partial charge on any atom is 0.254 e. The molecule has 160 valence electrons. The highest BCUT2D eigenvalue weighted by atomic mass is 35.5. The third kappa shape index (κ3) is 5.83. The van der Waals surface area contributed by atoms with Crippen LogP contribution in [0.5, 0.6) is 11.5 Å². The lowest BCUT2D eigenvalue weighted by molar-refractivity contribution is -0.129. The summed E-state index contributed by atoms with van der Waals surface area (Å²) >= 11 is 7.57. The van der Waals surface area contributed by atoms with Crippen molar-refractivity contribution in [3.05, 3.63) is 58.6 Å². The number of benzene rings is 2. The van der Waals surface area contributed by atoms with E-state index in [0.29, 0.717) is 54.0 Å². The molecule has 2 aromatic rings. The minimum absolute atomic E-state index is 0.0883. The van der Waals surface area contributed by atoms with Gasteiger partial charge in [-0.1, -0.05) is 23.7 Å². The monoisotopic (exact) mass is 448 g/mol. The number of ether oxygens (including phenoxy) is 2. The number of thioether (sulfide) groups is 1. The summed E-state index contributed by atoms with van der Waals surface area (Å²) in [4.78, 5) is 29.0. The summed E-state index contributed by atoms with van der Waals surface area (Å²) < 4.78 is 10.5. The maximum atomic E-state index is 12.9. The first-order valence-corrected chi connectivity index (χ1v) is 11.2. The summed E-state index contributed by atoms with van der Waals surface area (Å²) in [5.74, 6) is 2.30. The number of hydrogen-bond donors (Lipinski definition) is 0. The van der Waals surface area contributed by atoms with Crippen molar-refractivity contribution in [1.82, 2.24) is 9.80 Å². The van der Waals surface area contributed by atoms with Crippen LogP contribution in [0.15, 0.2) is 42.5 Å². The van der Waals surface area contributed by atoms with E-state index in [0.717, 1.165) is 11.3 Å². The Balaban J connectivity index is 1.49. The van der Waals surface area contributed by atoms with E-state index in [1.807, 2.05) is 29.2 Å². The second-order valence-electron chi connectivity index (χ2n) is 6.90. The highest BCUT2D eigenvalue weighted by Gasteiger charge is 2.25. The molecule has 1 aliphatic rings.